The Morgan fingerprint density at radius 3 is 2.45 bits per heavy atom. The van der Waals surface area contributed by atoms with E-state index >= 15 is 0 Å². The van der Waals surface area contributed by atoms with E-state index in [-0.39, 0.29) is 5.56 Å². The van der Waals surface area contributed by atoms with Crippen molar-refractivity contribution in [2.45, 2.75) is 0 Å². The van der Waals surface area contributed by atoms with E-state index in [1.54, 1.807) is 12.1 Å². The molecule has 20 heavy (non-hydrogen) atoms. The second-order valence-electron chi connectivity index (χ2n) is 3.91. The Labute approximate surface area is 114 Å². The predicted octanol–water partition coefficient (Wildman–Crippen LogP) is 2.26. The van der Waals surface area contributed by atoms with E-state index in [9.17, 15) is 14.0 Å². The number of pyridine rings is 1. The molecule has 0 aliphatic rings. The number of amides is 1. The number of nitrogens with one attached hydrogen (secondary N) is 1. The second kappa shape index (κ2) is 5.92. The Bertz CT molecular complexity index is 641. The highest BCUT2D eigenvalue weighted by Gasteiger charge is 2.09. The molecule has 0 aliphatic heterocycles. The number of ether oxygens (including phenoxy) is 1. The Balaban J connectivity index is 2.10. The summed E-state index contributed by atoms with van der Waals surface area (Å²) in [4.78, 5) is 26.7. The van der Waals surface area contributed by atoms with Crippen molar-refractivity contribution in [3.63, 3.8) is 0 Å². The van der Waals surface area contributed by atoms with Gasteiger partial charge in [0.05, 0.1) is 24.4 Å². The quantitative estimate of drug-likeness (QED) is 0.872. The lowest BCUT2D eigenvalue weighted by Crippen LogP contribution is -2.12. The fourth-order valence-corrected chi connectivity index (χ4v) is 1.55. The summed E-state index contributed by atoms with van der Waals surface area (Å²) in [6, 6.07) is 7.23. The summed E-state index contributed by atoms with van der Waals surface area (Å²) in [5.41, 5.74) is 0.965. The predicted molar refractivity (Wildman–Crippen MR) is 69.9 cm³/mol. The minimum absolute atomic E-state index is 0.113. The van der Waals surface area contributed by atoms with Crippen LogP contribution in [0.2, 0.25) is 0 Å². The molecule has 0 unspecified atom stereocenters. The molecule has 2 aromatic rings. The van der Waals surface area contributed by atoms with Gasteiger partial charge in [-0.1, -0.05) is 0 Å². The monoisotopic (exact) mass is 274 g/mol. The van der Waals surface area contributed by atoms with Crippen LogP contribution in [-0.2, 0) is 4.74 Å². The molecule has 1 aromatic heterocycles. The molecule has 0 saturated heterocycles. The number of carbonyl (C=O) groups is 2. The van der Waals surface area contributed by atoms with Crippen molar-refractivity contribution in [3.05, 3.63) is 59.7 Å². The third-order valence-corrected chi connectivity index (χ3v) is 2.53. The third-order valence-electron chi connectivity index (χ3n) is 2.53. The number of rotatable bonds is 3. The Hall–Kier alpha value is -2.76. The topological polar surface area (TPSA) is 68.3 Å². The zero-order valence-electron chi connectivity index (χ0n) is 10.6. The van der Waals surface area contributed by atoms with Crippen molar-refractivity contribution in [1.29, 1.82) is 0 Å². The van der Waals surface area contributed by atoms with Crippen LogP contribution in [0, 0.1) is 5.82 Å². The van der Waals surface area contributed by atoms with Gasteiger partial charge in [-0.2, -0.15) is 0 Å². The number of esters is 1. The summed E-state index contributed by atoms with van der Waals surface area (Å²) >= 11 is 0. The number of aromatic nitrogens is 1. The Morgan fingerprint density at radius 2 is 1.85 bits per heavy atom. The van der Waals surface area contributed by atoms with E-state index in [2.05, 4.69) is 15.0 Å². The molecule has 0 fully saturated rings. The van der Waals surface area contributed by atoms with Crippen molar-refractivity contribution >= 4 is 17.6 Å². The second-order valence-corrected chi connectivity index (χ2v) is 3.91. The van der Waals surface area contributed by atoms with Gasteiger partial charge in [0.1, 0.15) is 5.82 Å². The van der Waals surface area contributed by atoms with E-state index < -0.39 is 17.7 Å². The summed E-state index contributed by atoms with van der Waals surface area (Å²) in [7, 11) is 1.29. The van der Waals surface area contributed by atoms with E-state index in [0.29, 0.717) is 11.3 Å². The number of hydrogen-bond donors (Lipinski definition) is 1. The SMILES string of the molecule is COC(=O)c1ccc(NC(=O)c2cncc(F)c2)cc1. The molecule has 5 nitrogen and oxygen atoms in total. The summed E-state index contributed by atoms with van der Waals surface area (Å²) in [5.74, 6) is -1.53. The highest BCUT2D eigenvalue weighted by atomic mass is 19.1. The van der Waals surface area contributed by atoms with Crippen LogP contribution in [0.1, 0.15) is 20.7 Å². The Morgan fingerprint density at radius 1 is 1.15 bits per heavy atom. The number of halogens is 1. The first-order chi connectivity index (χ1) is 9.60. The van der Waals surface area contributed by atoms with Gasteiger partial charge < -0.3 is 10.1 Å². The number of methoxy groups -OCH3 is 1. The van der Waals surface area contributed by atoms with Crippen LogP contribution in [0.3, 0.4) is 0 Å². The van der Waals surface area contributed by atoms with Gasteiger partial charge in [-0.05, 0) is 30.3 Å². The van der Waals surface area contributed by atoms with E-state index in [4.69, 9.17) is 0 Å². The maximum absolute atomic E-state index is 13.0. The zero-order chi connectivity index (χ0) is 14.5. The van der Waals surface area contributed by atoms with Crippen molar-refractivity contribution in [2.75, 3.05) is 12.4 Å². The first-order valence-electron chi connectivity index (χ1n) is 5.70. The maximum atomic E-state index is 13.0. The molecule has 0 atom stereocenters. The van der Waals surface area contributed by atoms with Gasteiger partial charge in [0.2, 0.25) is 0 Å². The van der Waals surface area contributed by atoms with E-state index in [1.807, 2.05) is 0 Å². The van der Waals surface area contributed by atoms with Gasteiger partial charge in [-0.25, -0.2) is 9.18 Å². The van der Waals surface area contributed by atoms with E-state index in [1.165, 1.54) is 25.4 Å². The molecule has 6 heteroatoms. The number of anilines is 1. The van der Waals surface area contributed by atoms with Crippen molar-refractivity contribution in [1.82, 2.24) is 4.98 Å². The van der Waals surface area contributed by atoms with Crippen molar-refractivity contribution < 1.29 is 18.7 Å². The lowest BCUT2D eigenvalue weighted by atomic mass is 10.2. The maximum Gasteiger partial charge on any atom is 0.337 e. The number of benzene rings is 1. The normalized spacial score (nSPS) is 9.90. The van der Waals surface area contributed by atoms with Crippen LogP contribution >= 0.6 is 0 Å². The van der Waals surface area contributed by atoms with Gasteiger partial charge in [-0.3, -0.25) is 9.78 Å². The minimum Gasteiger partial charge on any atom is -0.465 e. The molecule has 2 rings (SSSR count). The molecular formula is C14H11FN2O3. The molecule has 1 aromatic carbocycles. The van der Waals surface area contributed by atoms with Crippen LogP contribution < -0.4 is 5.32 Å². The highest BCUT2D eigenvalue weighted by molar-refractivity contribution is 6.04. The van der Waals surface area contributed by atoms with Gasteiger partial charge in [-0.15, -0.1) is 0 Å². The molecule has 1 heterocycles. The summed E-state index contributed by atoms with van der Waals surface area (Å²) in [6.07, 6.45) is 2.28. The average Bonchev–Trinajstić information content (AvgIpc) is 2.47. The Kier molecular flexibility index (Phi) is 4.05. The van der Waals surface area contributed by atoms with Gasteiger partial charge in [0.25, 0.3) is 5.91 Å². The fraction of sp³-hybridized carbons (Fsp3) is 0.0714. The van der Waals surface area contributed by atoms with Crippen molar-refractivity contribution in [3.8, 4) is 0 Å². The molecule has 0 spiro atoms. The number of nitrogens with zero attached hydrogens (tertiary/aromatic N) is 1. The fourth-order valence-electron chi connectivity index (χ4n) is 1.55. The van der Waals surface area contributed by atoms with Crippen molar-refractivity contribution in [2.24, 2.45) is 0 Å². The number of hydrogen-bond acceptors (Lipinski definition) is 4. The molecule has 102 valence electrons. The third kappa shape index (κ3) is 3.17. The van der Waals surface area contributed by atoms with Gasteiger partial charge >= 0.3 is 5.97 Å². The minimum atomic E-state index is -0.585. The van der Waals surface area contributed by atoms with Crippen LogP contribution in [0.25, 0.3) is 0 Å². The summed E-state index contributed by atoms with van der Waals surface area (Å²) in [6.45, 7) is 0. The van der Waals surface area contributed by atoms with Gasteiger partial charge in [0, 0.05) is 11.9 Å². The number of carbonyl (C=O) groups excluding carboxylic acids is 2. The zero-order valence-corrected chi connectivity index (χ0v) is 10.6. The molecule has 0 radical (unpaired) electrons. The standard InChI is InChI=1S/C14H11FN2O3/c1-20-14(19)9-2-4-12(5-3-9)17-13(18)10-6-11(15)8-16-7-10/h2-8H,1H3,(H,17,18). The summed E-state index contributed by atoms with van der Waals surface area (Å²) < 4.78 is 17.5. The van der Waals surface area contributed by atoms with Gasteiger partial charge in [0.15, 0.2) is 0 Å². The largest absolute Gasteiger partial charge is 0.465 e. The molecule has 0 saturated carbocycles. The average molecular weight is 274 g/mol. The van der Waals surface area contributed by atoms with Crippen LogP contribution in [-0.4, -0.2) is 24.0 Å². The summed E-state index contributed by atoms with van der Waals surface area (Å²) in [5, 5.41) is 2.57. The molecule has 0 bridgehead atoms. The molecule has 1 N–H and O–H groups in total. The van der Waals surface area contributed by atoms with E-state index in [0.717, 1.165) is 12.3 Å². The lowest BCUT2D eigenvalue weighted by molar-refractivity contribution is 0.0600. The highest BCUT2D eigenvalue weighted by Crippen LogP contribution is 2.12. The van der Waals surface area contributed by atoms with Crippen LogP contribution in [0.5, 0.6) is 0 Å². The smallest absolute Gasteiger partial charge is 0.337 e. The molecule has 1 amide bonds. The first kappa shape index (κ1) is 13.7. The van der Waals surface area contributed by atoms with Crippen LogP contribution in [0.4, 0.5) is 10.1 Å². The lowest BCUT2D eigenvalue weighted by Gasteiger charge is -2.06. The molecule has 0 aliphatic carbocycles. The molecular weight excluding hydrogens is 263 g/mol. The van der Waals surface area contributed by atoms with Crippen LogP contribution in [0.15, 0.2) is 42.7 Å². The first-order valence-corrected chi connectivity index (χ1v) is 5.70.